The van der Waals surface area contributed by atoms with Crippen molar-refractivity contribution in [3.8, 4) is 5.95 Å². The number of H-pyrrole nitrogens is 2. The van der Waals surface area contributed by atoms with Gasteiger partial charge in [0, 0.05) is 35.2 Å². The molecule has 2 aliphatic rings. The molecule has 0 saturated carbocycles. The van der Waals surface area contributed by atoms with Crippen molar-refractivity contribution in [1.29, 1.82) is 0 Å². The van der Waals surface area contributed by atoms with Gasteiger partial charge in [0.15, 0.2) is 0 Å². The number of para-hydroxylation sites is 1. The van der Waals surface area contributed by atoms with E-state index in [2.05, 4.69) is 51.2 Å². The molecular formula is C26H28N6O2. The number of hydrogen-bond acceptors (Lipinski definition) is 4. The number of nitrogens with zero attached hydrogens (tertiary/aromatic N) is 4. The van der Waals surface area contributed by atoms with Crippen LogP contribution in [-0.4, -0.2) is 48.6 Å². The molecule has 1 aliphatic carbocycles. The number of carbonyl (C=O) groups is 1. The Morgan fingerprint density at radius 1 is 1.09 bits per heavy atom. The lowest BCUT2D eigenvalue weighted by molar-refractivity contribution is 0.0712. The molecule has 1 saturated heterocycles. The Labute approximate surface area is 197 Å². The van der Waals surface area contributed by atoms with Crippen molar-refractivity contribution in [1.82, 2.24) is 29.6 Å². The summed E-state index contributed by atoms with van der Waals surface area (Å²) in [4.78, 5) is 38.7. The lowest BCUT2D eigenvalue weighted by atomic mass is 9.87. The van der Waals surface area contributed by atoms with Gasteiger partial charge in [0.25, 0.3) is 11.5 Å². The number of aromatic nitrogens is 5. The first-order chi connectivity index (χ1) is 16.5. The van der Waals surface area contributed by atoms with Crippen molar-refractivity contribution in [3.05, 3.63) is 74.6 Å². The highest BCUT2D eigenvalue weighted by Crippen LogP contribution is 2.36. The number of likely N-dealkylation sites (tertiary alicyclic amines) is 1. The third kappa shape index (κ3) is 3.28. The van der Waals surface area contributed by atoms with Crippen LogP contribution < -0.4 is 5.56 Å². The predicted octanol–water partition coefficient (Wildman–Crippen LogP) is 3.56. The number of piperidine rings is 1. The molecule has 8 heteroatoms. The molecule has 0 atom stereocenters. The van der Waals surface area contributed by atoms with Gasteiger partial charge >= 0.3 is 0 Å². The lowest BCUT2D eigenvalue weighted by Crippen LogP contribution is -2.38. The van der Waals surface area contributed by atoms with Gasteiger partial charge in [-0.15, -0.1) is 0 Å². The Kier molecular flexibility index (Phi) is 4.90. The molecule has 1 aromatic carbocycles. The monoisotopic (exact) mass is 456 g/mol. The van der Waals surface area contributed by atoms with Gasteiger partial charge in [-0.1, -0.05) is 18.2 Å². The van der Waals surface area contributed by atoms with E-state index in [-0.39, 0.29) is 11.5 Å². The third-order valence-corrected chi connectivity index (χ3v) is 7.50. The Bertz CT molecular complexity index is 1470. The maximum absolute atomic E-state index is 13.4. The van der Waals surface area contributed by atoms with E-state index < -0.39 is 0 Å². The minimum Gasteiger partial charge on any atom is -0.358 e. The quantitative estimate of drug-likeness (QED) is 0.492. The van der Waals surface area contributed by atoms with Gasteiger partial charge in [-0.25, -0.2) is 9.67 Å². The van der Waals surface area contributed by atoms with Crippen molar-refractivity contribution in [3.63, 3.8) is 0 Å². The van der Waals surface area contributed by atoms with Crippen molar-refractivity contribution < 1.29 is 4.79 Å². The minimum atomic E-state index is -0.102. The summed E-state index contributed by atoms with van der Waals surface area (Å²) in [6.45, 7) is 5.42. The molecule has 174 valence electrons. The number of hydrogen-bond donors (Lipinski definition) is 2. The molecule has 4 aromatic rings. The number of rotatable bonds is 3. The first kappa shape index (κ1) is 20.9. The average Bonchev–Trinajstić information content (AvgIpc) is 3.55. The number of nitrogens with one attached hydrogen (secondary N) is 2. The summed E-state index contributed by atoms with van der Waals surface area (Å²) in [7, 11) is 0. The number of fused-ring (bicyclic) bond motifs is 2. The Morgan fingerprint density at radius 3 is 2.71 bits per heavy atom. The molecular weight excluding hydrogens is 428 g/mol. The van der Waals surface area contributed by atoms with Crippen molar-refractivity contribution in [2.75, 3.05) is 13.1 Å². The van der Waals surface area contributed by atoms with E-state index in [4.69, 9.17) is 0 Å². The van der Waals surface area contributed by atoms with Crippen LogP contribution in [0.2, 0.25) is 0 Å². The maximum Gasteiger partial charge on any atom is 0.257 e. The molecule has 1 amide bonds. The van der Waals surface area contributed by atoms with Crippen LogP contribution in [-0.2, 0) is 12.8 Å². The summed E-state index contributed by atoms with van der Waals surface area (Å²) >= 11 is 0. The van der Waals surface area contributed by atoms with E-state index in [9.17, 15) is 9.59 Å². The fourth-order valence-corrected chi connectivity index (χ4v) is 5.73. The molecule has 0 unspecified atom stereocenters. The number of benzene rings is 1. The SMILES string of the molecule is Cc1[nH]c2ccccc2c1C1CCN(C(=O)c2cnn(-c3nc4c(c(=O)[nH]3)CCC4)c2C)CC1. The van der Waals surface area contributed by atoms with E-state index in [1.165, 1.54) is 22.2 Å². The van der Waals surface area contributed by atoms with Gasteiger partial charge in [0.2, 0.25) is 5.95 Å². The van der Waals surface area contributed by atoms with Gasteiger partial charge in [-0.05, 0) is 63.5 Å². The van der Waals surface area contributed by atoms with Gasteiger partial charge in [0.05, 0.1) is 23.1 Å². The molecule has 6 rings (SSSR count). The molecule has 0 bridgehead atoms. The zero-order valence-electron chi connectivity index (χ0n) is 19.5. The highest BCUT2D eigenvalue weighted by molar-refractivity contribution is 5.95. The van der Waals surface area contributed by atoms with Gasteiger partial charge in [0.1, 0.15) is 0 Å². The lowest BCUT2D eigenvalue weighted by Gasteiger charge is -2.32. The second kappa shape index (κ2) is 7.97. The number of carbonyl (C=O) groups excluding carboxylic acids is 1. The molecule has 0 spiro atoms. The summed E-state index contributed by atoms with van der Waals surface area (Å²) in [6, 6.07) is 8.44. The van der Waals surface area contributed by atoms with Crippen LogP contribution in [0.1, 0.15) is 63.7 Å². The molecule has 3 aromatic heterocycles. The molecule has 1 fully saturated rings. The van der Waals surface area contributed by atoms with Crippen LogP contribution in [0.4, 0.5) is 0 Å². The second-order valence-electron chi connectivity index (χ2n) is 9.50. The molecule has 34 heavy (non-hydrogen) atoms. The summed E-state index contributed by atoms with van der Waals surface area (Å²) in [5.74, 6) is 0.807. The minimum absolute atomic E-state index is 0.0126. The van der Waals surface area contributed by atoms with Gasteiger partial charge in [-0.2, -0.15) is 5.10 Å². The van der Waals surface area contributed by atoms with E-state index in [0.717, 1.165) is 43.4 Å². The van der Waals surface area contributed by atoms with Crippen molar-refractivity contribution in [2.24, 2.45) is 0 Å². The summed E-state index contributed by atoms with van der Waals surface area (Å²) in [5.41, 5.74) is 6.56. The fourth-order valence-electron chi connectivity index (χ4n) is 5.73. The van der Waals surface area contributed by atoms with E-state index in [1.807, 2.05) is 11.8 Å². The summed E-state index contributed by atoms with van der Waals surface area (Å²) < 4.78 is 1.58. The Hall–Kier alpha value is -3.68. The zero-order chi connectivity index (χ0) is 23.4. The zero-order valence-corrected chi connectivity index (χ0v) is 19.5. The standard InChI is InChI=1S/C26H28N6O2/c1-15-23(18-6-3-4-8-21(18)28-15)17-10-12-31(13-11-17)25(34)20-14-27-32(16(20)2)26-29-22-9-5-7-19(22)24(33)30-26/h3-4,6,8,14,17,28H,5,7,9-13H2,1-2H3,(H,29,30,33). The third-order valence-electron chi connectivity index (χ3n) is 7.50. The van der Waals surface area contributed by atoms with E-state index in [0.29, 0.717) is 36.2 Å². The predicted molar refractivity (Wildman–Crippen MR) is 130 cm³/mol. The van der Waals surface area contributed by atoms with Gasteiger partial charge < -0.3 is 9.88 Å². The smallest absolute Gasteiger partial charge is 0.257 e. The van der Waals surface area contributed by atoms with Crippen LogP contribution in [0.25, 0.3) is 16.9 Å². The van der Waals surface area contributed by atoms with Crippen molar-refractivity contribution >= 4 is 16.8 Å². The molecule has 2 N–H and O–H groups in total. The van der Waals surface area contributed by atoms with Crippen LogP contribution in [0.15, 0.2) is 35.3 Å². The van der Waals surface area contributed by atoms with Gasteiger partial charge in [-0.3, -0.25) is 14.6 Å². The first-order valence-electron chi connectivity index (χ1n) is 12.0. The topological polar surface area (TPSA) is 99.7 Å². The molecule has 4 heterocycles. The Morgan fingerprint density at radius 2 is 1.88 bits per heavy atom. The fraction of sp³-hybridized carbons (Fsp3) is 0.385. The second-order valence-corrected chi connectivity index (χ2v) is 9.50. The van der Waals surface area contributed by atoms with Crippen LogP contribution in [0.5, 0.6) is 0 Å². The molecule has 8 nitrogen and oxygen atoms in total. The number of aromatic amines is 2. The highest BCUT2D eigenvalue weighted by atomic mass is 16.2. The van der Waals surface area contributed by atoms with E-state index in [1.54, 1.807) is 10.9 Å². The van der Waals surface area contributed by atoms with E-state index >= 15 is 0 Å². The normalized spacial score (nSPS) is 16.4. The Balaban J connectivity index is 1.21. The van der Waals surface area contributed by atoms with Crippen LogP contribution in [0.3, 0.4) is 0 Å². The maximum atomic E-state index is 13.4. The first-order valence-corrected chi connectivity index (χ1v) is 12.0. The number of aryl methyl sites for hydroxylation is 2. The molecule has 1 aliphatic heterocycles. The van der Waals surface area contributed by atoms with Crippen molar-refractivity contribution in [2.45, 2.75) is 51.9 Å². The average molecular weight is 457 g/mol. The summed E-state index contributed by atoms with van der Waals surface area (Å²) in [6.07, 6.45) is 5.99. The van der Waals surface area contributed by atoms with Crippen LogP contribution >= 0.6 is 0 Å². The summed E-state index contributed by atoms with van der Waals surface area (Å²) in [5, 5.41) is 5.69. The molecule has 0 radical (unpaired) electrons. The highest BCUT2D eigenvalue weighted by Gasteiger charge is 2.29. The number of amides is 1. The van der Waals surface area contributed by atoms with Crippen LogP contribution in [0, 0.1) is 13.8 Å². The largest absolute Gasteiger partial charge is 0.358 e.